The molecular formula is C22H19ClN4O4S. The fourth-order valence-electron chi connectivity index (χ4n) is 2.84. The summed E-state index contributed by atoms with van der Waals surface area (Å²) in [6.45, 7) is 0.185. The zero-order chi connectivity index (χ0) is 22.6. The number of ether oxygens (including phenoxy) is 2. The molecule has 164 valence electrons. The third kappa shape index (κ3) is 5.57. The van der Waals surface area contributed by atoms with E-state index >= 15 is 0 Å². The summed E-state index contributed by atoms with van der Waals surface area (Å²) in [7, 11) is -3.49. The highest BCUT2D eigenvalue weighted by Crippen LogP contribution is 2.32. The Hall–Kier alpha value is -3.56. The van der Waals surface area contributed by atoms with E-state index in [1.54, 1.807) is 53.3 Å². The Balaban J connectivity index is 1.58. The molecule has 0 spiro atoms. The van der Waals surface area contributed by atoms with E-state index in [0.29, 0.717) is 39.3 Å². The van der Waals surface area contributed by atoms with Gasteiger partial charge in [-0.25, -0.2) is 13.1 Å². The van der Waals surface area contributed by atoms with Gasteiger partial charge in [-0.1, -0.05) is 47.1 Å². The summed E-state index contributed by atoms with van der Waals surface area (Å²) in [5.74, 6) is 1.44. The van der Waals surface area contributed by atoms with E-state index in [2.05, 4.69) is 15.0 Å². The minimum atomic E-state index is -3.49. The fraction of sp³-hybridized carbons (Fsp3) is 0.0909. The predicted molar refractivity (Wildman–Crippen MR) is 122 cm³/mol. The van der Waals surface area contributed by atoms with Crippen LogP contribution in [-0.2, 0) is 16.6 Å². The zero-order valence-corrected chi connectivity index (χ0v) is 18.5. The number of hydrogen-bond acceptors (Lipinski definition) is 6. The monoisotopic (exact) mass is 470 g/mol. The van der Waals surface area contributed by atoms with E-state index in [0.717, 1.165) is 6.26 Å². The van der Waals surface area contributed by atoms with Crippen molar-refractivity contribution in [1.82, 2.24) is 15.0 Å². The van der Waals surface area contributed by atoms with Crippen LogP contribution in [0.4, 0.5) is 5.69 Å². The number of halogens is 1. The molecule has 0 aliphatic carbocycles. The molecule has 0 radical (unpaired) electrons. The number of para-hydroxylation sites is 2. The summed E-state index contributed by atoms with van der Waals surface area (Å²) in [6.07, 6.45) is 2.79. The van der Waals surface area contributed by atoms with Crippen LogP contribution < -0.4 is 14.2 Å². The highest BCUT2D eigenvalue weighted by molar-refractivity contribution is 7.92. The maximum atomic E-state index is 11.8. The Kier molecular flexibility index (Phi) is 6.29. The Morgan fingerprint density at radius 3 is 2.50 bits per heavy atom. The van der Waals surface area contributed by atoms with Crippen molar-refractivity contribution in [2.45, 2.75) is 6.61 Å². The maximum absolute atomic E-state index is 11.8. The van der Waals surface area contributed by atoms with Crippen molar-refractivity contribution in [3.05, 3.63) is 89.7 Å². The summed E-state index contributed by atoms with van der Waals surface area (Å²) in [4.78, 5) is 0. The van der Waals surface area contributed by atoms with Crippen molar-refractivity contribution >= 4 is 27.3 Å². The smallest absolute Gasteiger partial charge is 0.229 e. The lowest BCUT2D eigenvalue weighted by Gasteiger charge is -2.13. The van der Waals surface area contributed by atoms with Crippen LogP contribution in [0.2, 0.25) is 5.02 Å². The first-order chi connectivity index (χ1) is 15.4. The van der Waals surface area contributed by atoms with E-state index in [4.69, 9.17) is 21.1 Å². The highest BCUT2D eigenvalue weighted by atomic mass is 35.5. The van der Waals surface area contributed by atoms with Gasteiger partial charge in [0.25, 0.3) is 0 Å². The molecule has 0 aliphatic rings. The first kappa shape index (κ1) is 21.7. The molecule has 1 aromatic heterocycles. The summed E-state index contributed by atoms with van der Waals surface area (Å²) in [5.41, 5.74) is 1.53. The molecule has 0 aliphatic heterocycles. The number of aromatic nitrogens is 3. The number of benzene rings is 3. The van der Waals surface area contributed by atoms with E-state index < -0.39 is 10.0 Å². The normalized spacial score (nSPS) is 11.2. The lowest BCUT2D eigenvalue weighted by Crippen LogP contribution is -2.10. The summed E-state index contributed by atoms with van der Waals surface area (Å²) in [6, 6.07) is 21.2. The van der Waals surface area contributed by atoms with Crippen LogP contribution in [0, 0.1) is 0 Å². The van der Waals surface area contributed by atoms with Crippen LogP contribution in [0.5, 0.6) is 17.2 Å². The van der Waals surface area contributed by atoms with Crippen molar-refractivity contribution in [3.63, 3.8) is 0 Å². The van der Waals surface area contributed by atoms with Gasteiger partial charge in [0, 0.05) is 6.07 Å². The third-order valence-electron chi connectivity index (χ3n) is 4.25. The molecule has 4 rings (SSSR count). The largest absolute Gasteiger partial charge is 0.486 e. The Bertz CT molecular complexity index is 1330. The van der Waals surface area contributed by atoms with E-state index in [-0.39, 0.29) is 6.61 Å². The van der Waals surface area contributed by atoms with Crippen LogP contribution in [-0.4, -0.2) is 29.7 Å². The van der Waals surface area contributed by atoms with Gasteiger partial charge in [0.15, 0.2) is 5.75 Å². The van der Waals surface area contributed by atoms with Gasteiger partial charge in [0.05, 0.1) is 28.9 Å². The zero-order valence-electron chi connectivity index (χ0n) is 17.0. The topological polar surface area (TPSA) is 95.3 Å². The summed E-state index contributed by atoms with van der Waals surface area (Å²) < 4.78 is 39.1. The molecule has 0 fully saturated rings. The summed E-state index contributed by atoms with van der Waals surface area (Å²) >= 11 is 6.11. The van der Waals surface area contributed by atoms with Gasteiger partial charge in [-0.2, -0.15) is 0 Å². The molecule has 10 heteroatoms. The van der Waals surface area contributed by atoms with Crippen LogP contribution in [0.3, 0.4) is 0 Å². The van der Waals surface area contributed by atoms with Gasteiger partial charge in [-0.15, -0.1) is 5.10 Å². The minimum Gasteiger partial charge on any atom is -0.486 e. The number of nitrogens with zero attached hydrogens (tertiary/aromatic N) is 3. The van der Waals surface area contributed by atoms with E-state index in [1.807, 2.05) is 30.3 Å². The van der Waals surface area contributed by atoms with E-state index in [1.165, 1.54) is 0 Å². The van der Waals surface area contributed by atoms with Crippen molar-refractivity contribution in [2.75, 3.05) is 11.0 Å². The molecule has 0 atom stereocenters. The molecule has 32 heavy (non-hydrogen) atoms. The molecule has 0 unspecified atom stereocenters. The molecule has 4 aromatic rings. The second-order valence-corrected chi connectivity index (χ2v) is 9.00. The van der Waals surface area contributed by atoms with Crippen LogP contribution in [0.1, 0.15) is 5.69 Å². The number of rotatable bonds is 8. The van der Waals surface area contributed by atoms with Gasteiger partial charge in [-0.3, -0.25) is 4.72 Å². The first-order valence-corrected chi connectivity index (χ1v) is 11.8. The second kappa shape index (κ2) is 9.29. The van der Waals surface area contributed by atoms with Crippen molar-refractivity contribution in [3.8, 4) is 22.9 Å². The van der Waals surface area contributed by atoms with Gasteiger partial charge >= 0.3 is 0 Å². The molecule has 1 N–H and O–H groups in total. The van der Waals surface area contributed by atoms with Crippen LogP contribution in [0.25, 0.3) is 5.69 Å². The van der Waals surface area contributed by atoms with Crippen molar-refractivity contribution < 1.29 is 17.9 Å². The number of hydrogen-bond donors (Lipinski definition) is 1. The summed E-state index contributed by atoms with van der Waals surface area (Å²) in [5, 5.41) is 8.77. The van der Waals surface area contributed by atoms with Crippen LogP contribution >= 0.6 is 11.6 Å². The van der Waals surface area contributed by atoms with Gasteiger partial charge < -0.3 is 9.47 Å². The number of anilines is 1. The Morgan fingerprint density at radius 2 is 1.75 bits per heavy atom. The number of nitrogens with one attached hydrogen (secondary N) is 1. The Labute approximate surface area is 190 Å². The van der Waals surface area contributed by atoms with E-state index in [9.17, 15) is 8.42 Å². The predicted octanol–water partition coefficient (Wildman–Crippen LogP) is 4.66. The lowest BCUT2D eigenvalue weighted by molar-refractivity contribution is 0.301. The van der Waals surface area contributed by atoms with Crippen molar-refractivity contribution in [1.29, 1.82) is 0 Å². The van der Waals surface area contributed by atoms with Crippen molar-refractivity contribution in [2.24, 2.45) is 0 Å². The van der Waals surface area contributed by atoms with Gasteiger partial charge in [-0.05, 0) is 36.4 Å². The second-order valence-electron chi connectivity index (χ2n) is 6.84. The standard InChI is InChI=1S/C22H19ClN4O4S/c1-32(28,29)25-20-12-11-17(13-22(20)31-18-7-3-2-4-8-18)27-14-16(24-26-27)15-30-21-10-6-5-9-19(21)23/h2-14,25H,15H2,1H3. The molecular weight excluding hydrogens is 452 g/mol. The lowest BCUT2D eigenvalue weighted by atomic mass is 10.2. The molecule has 3 aromatic carbocycles. The Morgan fingerprint density at radius 1 is 1.00 bits per heavy atom. The third-order valence-corrected chi connectivity index (χ3v) is 5.15. The fourth-order valence-corrected chi connectivity index (χ4v) is 3.60. The molecule has 1 heterocycles. The van der Waals surface area contributed by atoms with Crippen LogP contribution in [0.15, 0.2) is 79.0 Å². The SMILES string of the molecule is CS(=O)(=O)Nc1ccc(-n2cc(COc3ccccc3Cl)nn2)cc1Oc1ccccc1. The molecule has 0 saturated carbocycles. The van der Waals surface area contributed by atoms with Gasteiger partial charge in [0.2, 0.25) is 10.0 Å². The molecule has 0 bridgehead atoms. The first-order valence-electron chi connectivity index (χ1n) is 9.51. The number of sulfonamides is 1. The minimum absolute atomic E-state index is 0.185. The molecule has 0 saturated heterocycles. The maximum Gasteiger partial charge on any atom is 0.229 e. The molecule has 0 amide bonds. The van der Waals surface area contributed by atoms with Gasteiger partial charge in [0.1, 0.15) is 23.8 Å². The average molecular weight is 471 g/mol. The average Bonchev–Trinajstić information content (AvgIpc) is 3.23. The molecule has 8 nitrogen and oxygen atoms in total. The quantitative estimate of drug-likeness (QED) is 0.402. The highest BCUT2D eigenvalue weighted by Gasteiger charge is 2.13.